The van der Waals surface area contributed by atoms with Crippen molar-refractivity contribution in [2.24, 2.45) is 5.92 Å². The summed E-state index contributed by atoms with van der Waals surface area (Å²) in [6, 6.07) is 18.1. The Kier molecular flexibility index (Phi) is 6.17. The lowest BCUT2D eigenvalue weighted by Gasteiger charge is -2.29. The summed E-state index contributed by atoms with van der Waals surface area (Å²) in [5.41, 5.74) is 3.21. The van der Waals surface area contributed by atoms with Crippen LogP contribution in [0, 0.1) is 5.92 Å². The second-order valence-electron chi connectivity index (χ2n) is 8.12. The third-order valence-electron chi connectivity index (χ3n) is 5.98. The molecule has 5 nitrogen and oxygen atoms in total. The smallest absolute Gasteiger partial charge is 0.255 e. The van der Waals surface area contributed by atoms with Gasteiger partial charge in [-0.05, 0) is 36.5 Å². The van der Waals surface area contributed by atoms with Crippen LogP contribution in [0.4, 0.5) is 0 Å². The van der Waals surface area contributed by atoms with Gasteiger partial charge in [-0.2, -0.15) is 5.10 Å². The van der Waals surface area contributed by atoms with Crippen molar-refractivity contribution in [1.82, 2.24) is 15.1 Å². The zero-order chi connectivity index (χ0) is 20.9. The van der Waals surface area contributed by atoms with E-state index in [1.165, 1.54) is 12.8 Å². The number of nitrogens with zero attached hydrogens (tertiary/aromatic N) is 2. The molecule has 1 N–H and O–H groups in total. The fourth-order valence-corrected chi connectivity index (χ4v) is 4.26. The Balaban J connectivity index is 1.68. The molecule has 30 heavy (non-hydrogen) atoms. The van der Waals surface area contributed by atoms with Crippen LogP contribution in [0.1, 0.15) is 48.5 Å². The Morgan fingerprint density at radius 3 is 2.60 bits per heavy atom. The van der Waals surface area contributed by atoms with Gasteiger partial charge in [-0.25, -0.2) is 0 Å². The summed E-state index contributed by atoms with van der Waals surface area (Å²) in [7, 11) is 1.64. The minimum absolute atomic E-state index is 0.0611. The number of para-hydroxylation sites is 1. The SMILES string of the molecule is COc1ccccc1-c1nn(Cc2ccccc2)cc1C(=O)N[C@H]1CCCC[C@@H]1C. The third kappa shape index (κ3) is 4.40. The van der Waals surface area contributed by atoms with Gasteiger partial charge in [0.05, 0.1) is 19.2 Å². The van der Waals surface area contributed by atoms with E-state index in [4.69, 9.17) is 9.84 Å². The van der Waals surface area contributed by atoms with Crippen LogP contribution < -0.4 is 10.1 Å². The van der Waals surface area contributed by atoms with E-state index in [-0.39, 0.29) is 11.9 Å². The molecule has 2 atom stereocenters. The van der Waals surface area contributed by atoms with E-state index in [9.17, 15) is 4.79 Å². The van der Waals surface area contributed by atoms with Crippen molar-refractivity contribution in [3.05, 3.63) is 71.9 Å². The summed E-state index contributed by atoms with van der Waals surface area (Å²) in [5.74, 6) is 1.15. The quantitative estimate of drug-likeness (QED) is 0.636. The number of carbonyl (C=O) groups excluding carboxylic acids is 1. The zero-order valence-corrected chi connectivity index (χ0v) is 17.7. The molecule has 1 aliphatic rings. The number of benzene rings is 2. The molecule has 0 radical (unpaired) electrons. The van der Waals surface area contributed by atoms with E-state index in [1.54, 1.807) is 7.11 Å². The molecule has 1 aliphatic carbocycles. The average Bonchev–Trinajstić information content (AvgIpc) is 3.19. The van der Waals surface area contributed by atoms with Crippen LogP contribution in [0.3, 0.4) is 0 Å². The molecular weight excluding hydrogens is 374 g/mol. The summed E-state index contributed by atoms with van der Waals surface area (Å²) >= 11 is 0. The van der Waals surface area contributed by atoms with E-state index >= 15 is 0 Å². The van der Waals surface area contributed by atoms with Crippen LogP contribution in [0.2, 0.25) is 0 Å². The molecule has 5 heteroatoms. The number of carbonyl (C=O) groups is 1. The first-order valence-corrected chi connectivity index (χ1v) is 10.7. The number of rotatable bonds is 6. The van der Waals surface area contributed by atoms with E-state index in [0.717, 1.165) is 24.0 Å². The normalized spacial score (nSPS) is 18.7. The molecule has 1 fully saturated rings. The van der Waals surface area contributed by atoms with Gasteiger partial charge in [-0.3, -0.25) is 9.48 Å². The van der Waals surface area contributed by atoms with Gasteiger partial charge in [-0.1, -0.05) is 62.2 Å². The molecule has 0 saturated heterocycles. The maximum absolute atomic E-state index is 13.3. The number of hydrogen-bond acceptors (Lipinski definition) is 3. The van der Waals surface area contributed by atoms with Crippen LogP contribution in [0.5, 0.6) is 5.75 Å². The van der Waals surface area contributed by atoms with Gasteiger partial charge in [0.25, 0.3) is 5.91 Å². The molecule has 4 rings (SSSR count). The molecule has 1 amide bonds. The van der Waals surface area contributed by atoms with Crippen molar-refractivity contribution in [2.75, 3.05) is 7.11 Å². The van der Waals surface area contributed by atoms with Crippen LogP contribution in [0.25, 0.3) is 11.3 Å². The lowest BCUT2D eigenvalue weighted by Crippen LogP contribution is -2.41. The molecule has 1 saturated carbocycles. The van der Waals surface area contributed by atoms with E-state index in [2.05, 4.69) is 24.4 Å². The number of ether oxygens (including phenoxy) is 1. The topological polar surface area (TPSA) is 56.2 Å². The predicted octanol–water partition coefficient (Wildman–Crippen LogP) is 4.92. The molecule has 0 spiro atoms. The monoisotopic (exact) mass is 403 g/mol. The van der Waals surface area contributed by atoms with E-state index < -0.39 is 0 Å². The number of methoxy groups -OCH3 is 1. The second kappa shape index (κ2) is 9.16. The van der Waals surface area contributed by atoms with Gasteiger partial charge < -0.3 is 10.1 Å². The highest BCUT2D eigenvalue weighted by atomic mass is 16.5. The van der Waals surface area contributed by atoms with Crippen molar-refractivity contribution < 1.29 is 9.53 Å². The van der Waals surface area contributed by atoms with Gasteiger partial charge in [0.1, 0.15) is 11.4 Å². The van der Waals surface area contributed by atoms with Crippen molar-refractivity contribution in [2.45, 2.75) is 45.2 Å². The molecular formula is C25H29N3O2. The maximum atomic E-state index is 13.3. The zero-order valence-electron chi connectivity index (χ0n) is 17.7. The van der Waals surface area contributed by atoms with E-state index in [0.29, 0.717) is 29.5 Å². The summed E-state index contributed by atoms with van der Waals surface area (Å²) in [6.07, 6.45) is 6.47. The van der Waals surface area contributed by atoms with Crippen LogP contribution >= 0.6 is 0 Å². The van der Waals surface area contributed by atoms with Crippen molar-refractivity contribution >= 4 is 5.91 Å². The first-order valence-electron chi connectivity index (χ1n) is 10.7. The predicted molar refractivity (Wildman–Crippen MR) is 119 cm³/mol. The lowest BCUT2D eigenvalue weighted by molar-refractivity contribution is 0.0911. The van der Waals surface area contributed by atoms with Gasteiger partial charge in [-0.15, -0.1) is 0 Å². The fourth-order valence-electron chi connectivity index (χ4n) is 4.26. The highest BCUT2D eigenvalue weighted by Crippen LogP contribution is 2.32. The minimum Gasteiger partial charge on any atom is -0.496 e. The molecule has 0 aliphatic heterocycles. The Morgan fingerprint density at radius 2 is 1.83 bits per heavy atom. The van der Waals surface area contributed by atoms with Crippen molar-refractivity contribution in [1.29, 1.82) is 0 Å². The standard InChI is InChI=1S/C25H29N3O2/c1-18-10-6-8-14-22(18)26-25(29)21-17-28(16-19-11-4-3-5-12-19)27-24(21)20-13-7-9-15-23(20)30-2/h3-5,7,9,11-13,15,17-18,22H,6,8,10,14,16H2,1-2H3,(H,26,29)/t18-,22-/m0/s1. The van der Waals surface area contributed by atoms with Gasteiger partial charge in [0, 0.05) is 17.8 Å². The Hall–Kier alpha value is -3.08. The highest BCUT2D eigenvalue weighted by molar-refractivity contribution is 6.00. The van der Waals surface area contributed by atoms with Crippen molar-refractivity contribution in [3.8, 4) is 17.0 Å². The largest absolute Gasteiger partial charge is 0.496 e. The lowest BCUT2D eigenvalue weighted by atomic mass is 9.86. The van der Waals surface area contributed by atoms with Gasteiger partial charge >= 0.3 is 0 Å². The Bertz CT molecular complexity index is 997. The van der Waals surface area contributed by atoms with Crippen LogP contribution in [-0.2, 0) is 6.54 Å². The number of hydrogen-bond donors (Lipinski definition) is 1. The van der Waals surface area contributed by atoms with E-state index in [1.807, 2.05) is 53.3 Å². The number of aromatic nitrogens is 2. The molecule has 3 aromatic rings. The number of amides is 1. The van der Waals surface area contributed by atoms with Crippen LogP contribution in [-0.4, -0.2) is 28.8 Å². The van der Waals surface area contributed by atoms with Gasteiger partial charge in [0.15, 0.2) is 0 Å². The Labute approximate surface area is 178 Å². The fraction of sp³-hybridized carbons (Fsp3) is 0.360. The maximum Gasteiger partial charge on any atom is 0.255 e. The molecule has 1 heterocycles. The first-order chi connectivity index (χ1) is 14.7. The number of nitrogens with one attached hydrogen (secondary N) is 1. The molecule has 156 valence electrons. The Morgan fingerprint density at radius 1 is 1.10 bits per heavy atom. The second-order valence-corrected chi connectivity index (χ2v) is 8.12. The van der Waals surface area contributed by atoms with Gasteiger partial charge in [0.2, 0.25) is 0 Å². The first kappa shape index (κ1) is 20.2. The molecule has 2 aromatic carbocycles. The molecule has 1 aromatic heterocycles. The summed E-state index contributed by atoms with van der Waals surface area (Å²) in [6.45, 7) is 2.83. The highest BCUT2D eigenvalue weighted by Gasteiger charge is 2.26. The summed E-state index contributed by atoms with van der Waals surface area (Å²) < 4.78 is 7.39. The van der Waals surface area contributed by atoms with Crippen molar-refractivity contribution in [3.63, 3.8) is 0 Å². The molecule has 0 unspecified atom stereocenters. The average molecular weight is 404 g/mol. The summed E-state index contributed by atoms with van der Waals surface area (Å²) in [4.78, 5) is 13.3. The minimum atomic E-state index is -0.0611. The summed E-state index contributed by atoms with van der Waals surface area (Å²) in [5, 5.41) is 8.07. The third-order valence-corrected chi connectivity index (χ3v) is 5.98. The molecule has 0 bridgehead atoms. The van der Waals surface area contributed by atoms with Crippen LogP contribution in [0.15, 0.2) is 60.8 Å².